The van der Waals surface area contributed by atoms with E-state index in [0.29, 0.717) is 17.6 Å². The Morgan fingerprint density at radius 1 is 1.08 bits per heavy atom. The second kappa shape index (κ2) is 6.45. The van der Waals surface area contributed by atoms with Gasteiger partial charge in [-0.05, 0) is 60.7 Å². The lowest BCUT2D eigenvalue weighted by molar-refractivity contribution is -0.131. The highest BCUT2D eigenvalue weighted by atomic mass is 16.5. The maximum absolute atomic E-state index is 11.7. The first-order valence-corrected chi connectivity index (χ1v) is 8.89. The van der Waals surface area contributed by atoms with E-state index in [-0.39, 0.29) is 17.8 Å². The number of carbonyl (C=O) groups excluding carboxylic acids is 2. The van der Waals surface area contributed by atoms with Crippen LogP contribution >= 0.6 is 0 Å². The number of carbonyl (C=O) groups is 2. The molecule has 0 bridgehead atoms. The Balaban J connectivity index is 1.67. The van der Waals surface area contributed by atoms with E-state index in [1.165, 1.54) is 18.1 Å². The Bertz CT molecular complexity index is 898. The van der Waals surface area contributed by atoms with Crippen molar-refractivity contribution in [2.45, 2.75) is 32.2 Å². The summed E-state index contributed by atoms with van der Waals surface area (Å²) in [7, 11) is 0. The van der Waals surface area contributed by atoms with Gasteiger partial charge in [0.25, 0.3) is 0 Å². The minimum atomic E-state index is -0.316. The predicted molar refractivity (Wildman–Crippen MR) is 101 cm³/mol. The zero-order valence-electron chi connectivity index (χ0n) is 14.9. The van der Waals surface area contributed by atoms with E-state index in [2.05, 4.69) is 17.5 Å². The number of ketones is 1. The van der Waals surface area contributed by atoms with Crippen molar-refractivity contribution in [3.05, 3.63) is 71.3 Å². The number of ether oxygens (including phenoxy) is 1. The lowest BCUT2D eigenvalue weighted by Crippen LogP contribution is -2.29. The quantitative estimate of drug-likeness (QED) is 0.380. The Hall–Kier alpha value is -2.88. The summed E-state index contributed by atoms with van der Waals surface area (Å²) < 4.78 is 5.13. The van der Waals surface area contributed by atoms with Gasteiger partial charge in [-0.25, -0.2) is 0 Å². The number of fused-ring (bicyclic) bond motifs is 3. The fourth-order valence-electron chi connectivity index (χ4n) is 4.05. The molecule has 2 aliphatic rings. The highest BCUT2D eigenvalue weighted by molar-refractivity contribution is 5.95. The molecular weight excluding hydrogens is 326 g/mol. The van der Waals surface area contributed by atoms with Crippen molar-refractivity contribution in [3.8, 4) is 5.75 Å². The zero-order chi connectivity index (χ0) is 18.3. The third-order valence-electron chi connectivity index (χ3n) is 5.27. The van der Waals surface area contributed by atoms with Crippen LogP contribution in [0.5, 0.6) is 5.75 Å². The molecule has 0 amide bonds. The summed E-state index contributed by atoms with van der Waals surface area (Å²) in [6.45, 7) is 3.01. The minimum absolute atomic E-state index is 0.0921. The highest BCUT2D eigenvalue weighted by Gasteiger charge is 2.38. The molecule has 132 valence electrons. The van der Waals surface area contributed by atoms with Crippen LogP contribution in [0.15, 0.2) is 54.6 Å². The summed E-state index contributed by atoms with van der Waals surface area (Å²) in [4.78, 5) is 22.8. The van der Waals surface area contributed by atoms with Crippen LogP contribution in [0.2, 0.25) is 0 Å². The maximum Gasteiger partial charge on any atom is 0.308 e. The second-order valence-corrected chi connectivity index (χ2v) is 7.00. The summed E-state index contributed by atoms with van der Waals surface area (Å²) in [5, 5.41) is 3.65. The average molecular weight is 347 g/mol. The number of benzene rings is 2. The molecule has 1 aliphatic heterocycles. The number of nitrogens with one attached hydrogen (secondary N) is 1. The van der Waals surface area contributed by atoms with E-state index >= 15 is 0 Å². The van der Waals surface area contributed by atoms with Crippen LogP contribution < -0.4 is 10.1 Å². The first-order valence-electron chi connectivity index (χ1n) is 8.89. The lowest BCUT2D eigenvalue weighted by Gasteiger charge is -2.37. The van der Waals surface area contributed by atoms with E-state index in [9.17, 15) is 9.59 Å². The van der Waals surface area contributed by atoms with Gasteiger partial charge in [0.2, 0.25) is 0 Å². The van der Waals surface area contributed by atoms with E-state index in [4.69, 9.17) is 4.74 Å². The van der Waals surface area contributed by atoms with Crippen LogP contribution in [0, 0.1) is 5.92 Å². The smallest absolute Gasteiger partial charge is 0.308 e. The summed E-state index contributed by atoms with van der Waals surface area (Å²) >= 11 is 0. The van der Waals surface area contributed by atoms with Crippen LogP contribution in [0.4, 0.5) is 5.69 Å². The van der Waals surface area contributed by atoms with Crippen LogP contribution in [0.25, 0.3) is 0 Å². The molecule has 0 spiro atoms. The number of hydrogen-bond acceptors (Lipinski definition) is 4. The first-order chi connectivity index (χ1) is 12.5. The molecule has 26 heavy (non-hydrogen) atoms. The van der Waals surface area contributed by atoms with Gasteiger partial charge in [0.05, 0.1) is 6.04 Å². The fourth-order valence-corrected chi connectivity index (χ4v) is 4.05. The minimum Gasteiger partial charge on any atom is -0.427 e. The summed E-state index contributed by atoms with van der Waals surface area (Å²) in [5.74, 6) is 1.05. The number of allylic oxidation sites excluding steroid dienone is 2. The Morgan fingerprint density at radius 2 is 1.85 bits per heavy atom. The molecule has 1 N–H and O–H groups in total. The van der Waals surface area contributed by atoms with Crippen LogP contribution in [0.1, 0.15) is 53.7 Å². The number of esters is 1. The second-order valence-electron chi connectivity index (χ2n) is 7.00. The number of anilines is 1. The zero-order valence-corrected chi connectivity index (χ0v) is 14.9. The summed E-state index contributed by atoms with van der Waals surface area (Å²) in [6, 6.07) is 13.8. The molecule has 0 saturated carbocycles. The molecule has 1 aliphatic carbocycles. The molecular formula is C22H21NO3. The van der Waals surface area contributed by atoms with Crippen LogP contribution in [0.3, 0.4) is 0 Å². The summed E-state index contributed by atoms with van der Waals surface area (Å²) in [5.41, 5.74) is 4.20. The monoisotopic (exact) mass is 347 g/mol. The molecule has 0 unspecified atom stereocenters. The molecule has 4 heteroatoms. The van der Waals surface area contributed by atoms with Crippen molar-refractivity contribution in [1.82, 2.24) is 0 Å². The molecule has 3 atom stereocenters. The van der Waals surface area contributed by atoms with Gasteiger partial charge >= 0.3 is 5.97 Å². The van der Waals surface area contributed by atoms with Crippen molar-refractivity contribution < 1.29 is 14.3 Å². The molecule has 0 radical (unpaired) electrons. The van der Waals surface area contributed by atoms with Gasteiger partial charge in [0, 0.05) is 24.1 Å². The van der Waals surface area contributed by atoms with Gasteiger partial charge in [-0.15, -0.1) is 0 Å². The molecule has 2 aromatic carbocycles. The molecule has 2 aromatic rings. The normalized spacial score (nSPS) is 22.9. The van der Waals surface area contributed by atoms with Gasteiger partial charge in [-0.2, -0.15) is 0 Å². The summed E-state index contributed by atoms with van der Waals surface area (Å²) in [6.07, 6.45) is 5.49. The Labute approximate surface area is 152 Å². The van der Waals surface area contributed by atoms with Gasteiger partial charge < -0.3 is 10.1 Å². The van der Waals surface area contributed by atoms with Crippen molar-refractivity contribution >= 4 is 17.4 Å². The van der Waals surface area contributed by atoms with Crippen molar-refractivity contribution in [3.63, 3.8) is 0 Å². The predicted octanol–water partition coefficient (Wildman–Crippen LogP) is 4.64. The first kappa shape index (κ1) is 16.6. The average Bonchev–Trinajstić information content (AvgIpc) is 3.11. The molecule has 0 aromatic heterocycles. The third-order valence-corrected chi connectivity index (χ3v) is 5.27. The van der Waals surface area contributed by atoms with Gasteiger partial charge in [0.15, 0.2) is 5.78 Å². The van der Waals surface area contributed by atoms with Crippen molar-refractivity contribution in [2.24, 2.45) is 5.92 Å². The SMILES string of the molecule is CC(=O)Oc1ccc([C@@H]2Nc3ccc(C(C)=O)cc3[C@@H]3C=CC[C@H]32)cc1. The standard InChI is InChI=1S/C22H21NO3/c1-13(24)16-8-11-21-20(12-16)18-4-3-5-19(18)22(23-21)15-6-9-17(10-7-15)26-14(2)25/h3-4,6-12,18-19,22-23H,5H2,1-2H3/t18-,19-,22+/m1/s1. The number of hydrogen-bond donors (Lipinski definition) is 1. The van der Waals surface area contributed by atoms with Crippen molar-refractivity contribution in [2.75, 3.05) is 5.32 Å². The Morgan fingerprint density at radius 3 is 2.54 bits per heavy atom. The van der Waals surface area contributed by atoms with Gasteiger partial charge in [0.1, 0.15) is 5.75 Å². The fraction of sp³-hybridized carbons (Fsp3) is 0.273. The molecule has 0 fully saturated rings. The Kier molecular flexibility index (Phi) is 4.11. The van der Waals surface area contributed by atoms with E-state index in [1.807, 2.05) is 42.5 Å². The van der Waals surface area contributed by atoms with E-state index < -0.39 is 0 Å². The van der Waals surface area contributed by atoms with Crippen LogP contribution in [-0.2, 0) is 4.79 Å². The highest BCUT2D eigenvalue weighted by Crippen LogP contribution is 2.50. The van der Waals surface area contributed by atoms with Gasteiger partial charge in [-0.1, -0.05) is 24.3 Å². The lowest BCUT2D eigenvalue weighted by atomic mass is 9.76. The largest absolute Gasteiger partial charge is 0.427 e. The molecule has 1 heterocycles. The van der Waals surface area contributed by atoms with Crippen LogP contribution in [-0.4, -0.2) is 11.8 Å². The number of Topliss-reactive ketones (excluding diaryl/α,β-unsaturated/α-hetero) is 1. The van der Waals surface area contributed by atoms with Gasteiger partial charge in [-0.3, -0.25) is 9.59 Å². The molecule has 0 saturated heterocycles. The molecule has 4 rings (SSSR count). The van der Waals surface area contributed by atoms with E-state index in [0.717, 1.165) is 17.7 Å². The third kappa shape index (κ3) is 2.92. The maximum atomic E-state index is 11.7. The van der Waals surface area contributed by atoms with Crippen molar-refractivity contribution in [1.29, 1.82) is 0 Å². The molecule has 4 nitrogen and oxygen atoms in total. The van der Waals surface area contributed by atoms with E-state index in [1.54, 1.807) is 6.92 Å². The topological polar surface area (TPSA) is 55.4 Å². The number of rotatable bonds is 3.